The minimum absolute atomic E-state index is 0.0163. The second-order valence-corrected chi connectivity index (χ2v) is 11.3. The molecule has 3 aromatic carbocycles. The molecular formula is C28H32F2N2O4S. The molecule has 2 unspecified atom stereocenters. The zero-order valence-electron chi connectivity index (χ0n) is 20.9. The van der Waals surface area contributed by atoms with Crippen molar-refractivity contribution in [1.82, 2.24) is 10.6 Å². The van der Waals surface area contributed by atoms with Crippen LogP contribution >= 0.6 is 0 Å². The molecule has 0 saturated carbocycles. The van der Waals surface area contributed by atoms with E-state index >= 15 is 0 Å². The van der Waals surface area contributed by atoms with Crippen LogP contribution in [0.1, 0.15) is 39.5 Å². The van der Waals surface area contributed by atoms with Crippen LogP contribution in [0.4, 0.5) is 8.78 Å². The van der Waals surface area contributed by atoms with E-state index in [1.54, 1.807) is 12.1 Å². The lowest BCUT2D eigenvalue weighted by Crippen LogP contribution is -2.48. The molecule has 9 heteroatoms. The molecule has 0 fully saturated rings. The van der Waals surface area contributed by atoms with E-state index in [-0.39, 0.29) is 29.8 Å². The van der Waals surface area contributed by atoms with Crippen molar-refractivity contribution in [2.24, 2.45) is 0 Å². The maximum absolute atomic E-state index is 13.8. The lowest BCUT2D eigenvalue weighted by molar-refractivity contribution is 0.0829. The van der Waals surface area contributed by atoms with Crippen molar-refractivity contribution in [2.45, 2.75) is 44.2 Å². The number of benzene rings is 3. The third-order valence-electron chi connectivity index (χ3n) is 5.86. The van der Waals surface area contributed by atoms with E-state index in [1.807, 2.05) is 18.2 Å². The van der Waals surface area contributed by atoms with Gasteiger partial charge in [0.2, 0.25) is 0 Å². The fourth-order valence-electron chi connectivity index (χ4n) is 4.09. The maximum Gasteiger partial charge on any atom is 0.251 e. The largest absolute Gasteiger partial charge is 0.390 e. The van der Waals surface area contributed by atoms with Gasteiger partial charge in [0.05, 0.1) is 17.9 Å². The number of sulfone groups is 1. The predicted octanol–water partition coefficient (Wildman–Crippen LogP) is 3.56. The quantitative estimate of drug-likeness (QED) is 0.333. The summed E-state index contributed by atoms with van der Waals surface area (Å²) < 4.78 is 50.9. The SMILES string of the molecule is CCc1cccc(CNCC(O)C(Cc2cc(F)cc(F)c2)NC(=O)c2cccc(CS(C)(=O)=O)c2)c1. The van der Waals surface area contributed by atoms with Gasteiger partial charge in [-0.25, -0.2) is 17.2 Å². The van der Waals surface area contributed by atoms with E-state index in [0.29, 0.717) is 12.1 Å². The van der Waals surface area contributed by atoms with E-state index in [1.165, 1.54) is 17.7 Å². The van der Waals surface area contributed by atoms with Gasteiger partial charge in [-0.3, -0.25) is 4.79 Å². The summed E-state index contributed by atoms with van der Waals surface area (Å²) in [5.41, 5.74) is 3.19. The molecule has 3 N–H and O–H groups in total. The van der Waals surface area contributed by atoms with Crippen molar-refractivity contribution in [3.8, 4) is 0 Å². The van der Waals surface area contributed by atoms with E-state index in [2.05, 4.69) is 23.6 Å². The number of aliphatic hydroxyl groups is 1. The van der Waals surface area contributed by atoms with Gasteiger partial charge in [0.25, 0.3) is 5.91 Å². The molecule has 0 spiro atoms. The van der Waals surface area contributed by atoms with Crippen LogP contribution in [0.25, 0.3) is 0 Å². The van der Waals surface area contributed by atoms with E-state index in [9.17, 15) is 27.1 Å². The summed E-state index contributed by atoms with van der Waals surface area (Å²) in [6.45, 7) is 2.68. The van der Waals surface area contributed by atoms with Crippen molar-refractivity contribution < 1.29 is 27.1 Å². The highest BCUT2D eigenvalue weighted by molar-refractivity contribution is 7.89. The summed E-state index contributed by atoms with van der Waals surface area (Å²) in [6.07, 6.45) is 0.914. The van der Waals surface area contributed by atoms with Crippen molar-refractivity contribution in [1.29, 1.82) is 0 Å². The van der Waals surface area contributed by atoms with Gasteiger partial charge in [-0.2, -0.15) is 0 Å². The summed E-state index contributed by atoms with van der Waals surface area (Å²) in [5.74, 6) is -2.26. The Morgan fingerprint density at radius 2 is 1.57 bits per heavy atom. The molecule has 198 valence electrons. The normalized spacial score (nSPS) is 13.2. The highest BCUT2D eigenvalue weighted by Gasteiger charge is 2.23. The van der Waals surface area contributed by atoms with Crippen LogP contribution in [0.5, 0.6) is 0 Å². The molecular weight excluding hydrogens is 498 g/mol. The Kier molecular flexibility index (Phi) is 9.91. The Bertz CT molecular complexity index is 1310. The molecule has 0 saturated heterocycles. The van der Waals surface area contributed by atoms with Crippen LogP contribution in [-0.4, -0.2) is 44.4 Å². The fraction of sp³-hybridized carbons (Fsp3) is 0.321. The molecule has 0 aliphatic heterocycles. The Hall–Kier alpha value is -3.14. The summed E-state index contributed by atoms with van der Waals surface area (Å²) in [5, 5.41) is 16.9. The van der Waals surface area contributed by atoms with Gasteiger partial charge in [0.15, 0.2) is 9.84 Å². The number of aryl methyl sites for hydroxylation is 1. The lowest BCUT2D eigenvalue weighted by atomic mass is 9.99. The van der Waals surface area contributed by atoms with Gasteiger partial charge in [-0.1, -0.05) is 43.3 Å². The van der Waals surface area contributed by atoms with E-state index < -0.39 is 39.5 Å². The molecule has 3 rings (SSSR count). The number of amides is 1. The Balaban J connectivity index is 1.74. The van der Waals surface area contributed by atoms with Crippen molar-refractivity contribution >= 4 is 15.7 Å². The Morgan fingerprint density at radius 3 is 2.24 bits per heavy atom. The van der Waals surface area contributed by atoms with Crippen LogP contribution in [0.2, 0.25) is 0 Å². The summed E-state index contributed by atoms with van der Waals surface area (Å²) >= 11 is 0. The van der Waals surface area contributed by atoms with Crippen LogP contribution < -0.4 is 10.6 Å². The fourth-order valence-corrected chi connectivity index (χ4v) is 4.87. The molecule has 3 aromatic rings. The van der Waals surface area contributed by atoms with Gasteiger partial charge in [0.1, 0.15) is 11.6 Å². The average Bonchev–Trinajstić information content (AvgIpc) is 2.82. The minimum Gasteiger partial charge on any atom is -0.390 e. The molecule has 6 nitrogen and oxygen atoms in total. The summed E-state index contributed by atoms with van der Waals surface area (Å²) in [6, 6.07) is 16.4. The smallest absolute Gasteiger partial charge is 0.251 e. The number of hydrogen-bond acceptors (Lipinski definition) is 5. The van der Waals surface area contributed by atoms with Crippen molar-refractivity contribution in [2.75, 3.05) is 12.8 Å². The van der Waals surface area contributed by atoms with Gasteiger partial charge < -0.3 is 15.7 Å². The Labute approximate surface area is 216 Å². The molecule has 0 heterocycles. The molecule has 0 radical (unpaired) electrons. The second-order valence-electron chi connectivity index (χ2n) is 9.20. The third kappa shape index (κ3) is 9.35. The topological polar surface area (TPSA) is 95.5 Å². The third-order valence-corrected chi connectivity index (χ3v) is 6.72. The first kappa shape index (κ1) is 28.4. The number of rotatable bonds is 12. The highest BCUT2D eigenvalue weighted by Crippen LogP contribution is 2.14. The van der Waals surface area contributed by atoms with E-state index in [4.69, 9.17) is 0 Å². The van der Waals surface area contributed by atoms with E-state index in [0.717, 1.165) is 36.4 Å². The molecule has 2 atom stereocenters. The highest BCUT2D eigenvalue weighted by atomic mass is 32.2. The maximum atomic E-state index is 13.8. The number of nitrogens with one attached hydrogen (secondary N) is 2. The van der Waals surface area contributed by atoms with Crippen molar-refractivity contribution in [3.05, 3.63) is 106 Å². The molecule has 1 amide bonds. The van der Waals surface area contributed by atoms with Gasteiger partial charge in [-0.05, 0) is 59.4 Å². The molecule has 0 aliphatic carbocycles. The lowest BCUT2D eigenvalue weighted by Gasteiger charge is -2.25. The number of carbonyl (C=O) groups excluding carboxylic acids is 1. The first-order chi connectivity index (χ1) is 17.5. The first-order valence-corrected chi connectivity index (χ1v) is 14.1. The first-order valence-electron chi connectivity index (χ1n) is 12.0. The van der Waals surface area contributed by atoms with Gasteiger partial charge in [-0.15, -0.1) is 0 Å². The number of aliphatic hydroxyl groups excluding tert-OH is 1. The number of halogens is 2. The molecule has 0 bridgehead atoms. The predicted molar refractivity (Wildman–Crippen MR) is 140 cm³/mol. The molecule has 0 aliphatic rings. The Morgan fingerprint density at radius 1 is 0.919 bits per heavy atom. The monoisotopic (exact) mass is 530 g/mol. The average molecular weight is 531 g/mol. The zero-order chi connectivity index (χ0) is 27.0. The number of hydrogen-bond donors (Lipinski definition) is 3. The molecule has 37 heavy (non-hydrogen) atoms. The van der Waals surface area contributed by atoms with Gasteiger partial charge in [0, 0.05) is 31.0 Å². The molecule has 0 aromatic heterocycles. The summed E-state index contributed by atoms with van der Waals surface area (Å²) in [7, 11) is -3.29. The van der Waals surface area contributed by atoms with Crippen LogP contribution in [0.3, 0.4) is 0 Å². The van der Waals surface area contributed by atoms with Crippen LogP contribution in [-0.2, 0) is 35.0 Å². The number of carbonyl (C=O) groups is 1. The second kappa shape index (κ2) is 12.9. The zero-order valence-corrected chi connectivity index (χ0v) is 21.7. The van der Waals surface area contributed by atoms with Gasteiger partial charge >= 0.3 is 0 Å². The van der Waals surface area contributed by atoms with Crippen molar-refractivity contribution in [3.63, 3.8) is 0 Å². The standard InChI is InChI=1S/C28H32F2N2O4S/c1-3-19-6-4-7-20(10-19)16-31-17-27(33)26(14-22-12-24(29)15-25(30)13-22)32-28(34)23-9-5-8-21(11-23)18-37(2,35)36/h4-13,15,26-27,31,33H,3,14,16-18H2,1-2H3,(H,32,34). The van der Waals surface area contributed by atoms with Crippen LogP contribution in [0.15, 0.2) is 66.7 Å². The van der Waals surface area contributed by atoms with Crippen LogP contribution in [0, 0.1) is 11.6 Å². The minimum atomic E-state index is -3.29. The summed E-state index contributed by atoms with van der Waals surface area (Å²) in [4.78, 5) is 13.0.